The molecule has 1 N–H and O–H groups in total. The predicted octanol–water partition coefficient (Wildman–Crippen LogP) is 1.45. The Balaban J connectivity index is 2.20. The Hall–Kier alpha value is -2.20. The van der Waals surface area contributed by atoms with E-state index in [-0.39, 0.29) is 23.5 Å². The van der Waals surface area contributed by atoms with Gasteiger partial charge >= 0.3 is 5.69 Å². The first-order valence-electron chi connectivity index (χ1n) is 5.55. The zero-order chi connectivity index (χ0) is 13.1. The van der Waals surface area contributed by atoms with Crippen molar-refractivity contribution in [3.63, 3.8) is 0 Å². The first-order valence-corrected chi connectivity index (χ1v) is 5.55. The molecular formula is C11H12N4O3. The molecule has 0 saturated carbocycles. The van der Waals surface area contributed by atoms with Crippen LogP contribution in [0.25, 0.3) is 0 Å². The van der Waals surface area contributed by atoms with E-state index >= 15 is 0 Å². The molecule has 0 bridgehead atoms. The molecule has 0 aliphatic carbocycles. The molecule has 1 aliphatic rings. The summed E-state index contributed by atoms with van der Waals surface area (Å²) in [4.78, 5) is 14.0. The Morgan fingerprint density at radius 3 is 3.00 bits per heavy atom. The van der Waals surface area contributed by atoms with E-state index in [2.05, 4.69) is 10.3 Å². The molecule has 18 heavy (non-hydrogen) atoms. The van der Waals surface area contributed by atoms with Crippen molar-refractivity contribution >= 4 is 11.5 Å². The van der Waals surface area contributed by atoms with E-state index in [0.29, 0.717) is 12.4 Å². The van der Waals surface area contributed by atoms with Gasteiger partial charge in [-0.25, -0.2) is 4.98 Å². The zero-order valence-electron chi connectivity index (χ0n) is 9.79. The van der Waals surface area contributed by atoms with Gasteiger partial charge < -0.3 is 10.1 Å². The number of rotatable bonds is 3. The quantitative estimate of drug-likeness (QED) is 0.641. The molecule has 2 atom stereocenters. The summed E-state index contributed by atoms with van der Waals surface area (Å²) in [7, 11) is 0. The molecule has 2 unspecified atom stereocenters. The highest BCUT2D eigenvalue weighted by Gasteiger charge is 2.25. The fourth-order valence-corrected chi connectivity index (χ4v) is 1.87. The molecule has 0 amide bonds. The third-order valence-electron chi connectivity index (χ3n) is 2.89. The number of pyridine rings is 1. The average molecular weight is 248 g/mol. The average Bonchev–Trinajstić information content (AvgIpc) is 2.74. The summed E-state index contributed by atoms with van der Waals surface area (Å²) in [5.41, 5.74) is -0.463. The number of nitrogens with one attached hydrogen (secondary N) is 1. The Kier molecular flexibility index (Phi) is 3.39. The summed E-state index contributed by atoms with van der Waals surface area (Å²) < 4.78 is 5.39. The molecule has 1 saturated heterocycles. The van der Waals surface area contributed by atoms with Crippen LogP contribution in [0, 0.1) is 21.4 Å². The van der Waals surface area contributed by atoms with Crippen LogP contribution < -0.4 is 5.32 Å². The SMILES string of the molecule is CC1OCCC1Nc1ccc([N+](=O)[O-])c(C#N)n1. The molecule has 94 valence electrons. The van der Waals surface area contributed by atoms with Crippen molar-refractivity contribution in [3.05, 3.63) is 27.9 Å². The minimum atomic E-state index is -0.614. The Labute approximate surface area is 104 Å². The van der Waals surface area contributed by atoms with Crippen LogP contribution in [0.4, 0.5) is 11.5 Å². The molecule has 2 heterocycles. The van der Waals surface area contributed by atoms with Gasteiger partial charge in [0.15, 0.2) is 0 Å². The van der Waals surface area contributed by atoms with E-state index < -0.39 is 4.92 Å². The van der Waals surface area contributed by atoms with E-state index in [9.17, 15) is 10.1 Å². The first-order chi connectivity index (χ1) is 8.61. The third kappa shape index (κ3) is 2.38. The summed E-state index contributed by atoms with van der Waals surface area (Å²) in [5.74, 6) is 0.458. The second-order valence-electron chi connectivity index (χ2n) is 4.05. The lowest BCUT2D eigenvalue weighted by molar-refractivity contribution is -0.385. The third-order valence-corrected chi connectivity index (χ3v) is 2.89. The van der Waals surface area contributed by atoms with Gasteiger partial charge in [-0.2, -0.15) is 5.26 Å². The lowest BCUT2D eigenvalue weighted by Crippen LogP contribution is -2.27. The van der Waals surface area contributed by atoms with Gasteiger partial charge in [0.05, 0.1) is 17.1 Å². The summed E-state index contributed by atoms with van der Waals surface area (Å²) in [6.07, 6.45) is 0.911. The Morgan fingerprint density at radius 2 is 2.44 bits per heavy atom. The van der Waals surface area contributed by atoms with Crippen molar-refractivity contribution < 1.29 is 9.66 Å². The van der Waals surface area contributed by atoms with Crippen molar-refractivity contribution in [2.45, 2.75) is 25.5 Å². The first kappa shape index (κ1) is 12.3. The second-order valence-corrected chi connectivity index (χ2v) is 4.05. The van der Waals surface area contributed by atoms with Crippen molar-refractivity contribution in [1.29, 1.82) is 5.26 Å². The van der Waals surface area contributed by atoms with E-state index in [0.717, 1.165) is 6.42 Å². The summed E-state index contributed by atoms with van der Waals surface area (Å²) in [5, 5.41) is 22.6. The summed E-state index contributed by atoms with van der Waals surface area (Å²) >= 11 is 0. The number of hydrogen-bond acceptors (Lipinski definition) is 6. The number of ether oxygens (including phenoxy) is 1. The fourth-order valence-electron chi connectivity index (χ4n) is 1.87. The molecule has 7 nitrogen and oxygen atoms in total. The smallest absolute Gasteiger partial charge is 0.305 e. The molecular weight excluding hydrogens is 236 g/mol. The largest absolute Gasteiger partial charge is 0.376 e. The van der Waals surface area contributed by atoms with Gasteiger partial charge in [-0.3, -0.25) is 10.1 Å². The molecule has 1 aliphatic heterocycles. The van der Waals surface area contributed by atoms with E-state index in [1.807, 2.05) is 6.92 Å². The van der Waals surface area contributed by atoms with Crippen molar-refractivity contribution in [2.75, 3.05) is 11.9 Å². The van der Waals surface area contributed by atoms with Gasteiger partial charge in [-0.1, -0.05) is 0 Å². The van der Waals surface area contributed by atoms with E-state index in [1.165, 1.54) is 12.1 Å². The lowest BCUT2D eigenvalue weighted by atomic mass is 10.1. The summed E-state index contributed by atoms with van der Waals surface area (Å²) in [6, 6.07) is 4.64. The van der Waals surface area contributed by atoms with E-state index in [4.69, 9.17) is 10.00 Å². The zero-order valence-corrected chi connectivity index (χ0v) is 9.79. The van der Waals surface area contributed by atoms with Gasteiger partial charge in [0, 0.05) is 12.7 Å². The maximum absolute atomic E-state index is 10.7. The fraction of sp³-hybridized carbons (Fsp3) is 0.455. The number of aromatic nitrogens is 1. The topological polar surface area (TPSA) is 101 Å². The predicted molar refractivity (Wildman–Crippen MR) is 63.0 cm³/mol. The van der Waals surface area contributed by atoms with Crippen molar-refractivity contribution in [2.24, 2.45) is 0 Å². The van der Waals surface area contributed by atoms with Gasteiger partial charge in [0.2, 0.25) is 5.69 Å². The summed E-state index contributed by atoms with van der Waals surface area (Å²) in [6.45, 7) is 2.62. The van der Waals surface area contributed by atoms with Gasteiger partial charge in [0.25, 0.3) is 0 Å². The van der Waals surface area contributed by atoms with Crippen LogP contribution in [0.3, 0.4) is 0 Å². The molecule has 0 spiro atoms. The molecule has 7 heteroatoms. The Morgan fingerprint density at radius 1 is 1.67 bits per heavy atom. The minimum absolute atomic E-state index is 0.0625. The minimum Gasteiger partial charge on any atom is -0.376 e. The molecule has 1 aromatic rings. The monoisotopic (exact) mass is 248 g/mol. The molecule has 0 aromatic carbocycles. The highest BCUT2D eigenvalue weighted by Crippen LogP contribution is 2.21. The Bertz CT molecular complexity index is 512. The number of nitrogens with zero attached hydrogens (tertiary/aromatic N) is 3. The van der Waals surface area contributed by atoms with Crippen molar-refractivity contribution in [1.82, 2.24) is 4.98 Å². The van der Waals surface area contributed by atoms with Crippen LogP contribution in [-0.4, -0.2) is 28.7 Å². The molecule has 1 fully saturated rings. The lowest BCUT2D eigenvalue weighted by Gasteiger charge is -2.16. The van der Waals surface area contributed by atoms with Crippen LogP contribution in [0.1, 0.15) is 19.0 Å². The van der Waals surface area contributed by atoms with Crippen LogP contribution in [0.5, 0.6) is 0 Å². The van der Waals surface area contributed by atoms with Crippen LogP contribution >= 0.6 is 0 Å². The van der Waals surface area contributed by atoms with E-state index in [1.54, 1.807) is 6.07 Å². The highest BCUT2D eigenvalue weighted by molar-refractivity contribution is 5.50. The van der Waals surface area contributed by atoms with Crippen LogP contribution in [0.15, 0.2) is 12.1 Å². The number of anilines is 1. The van der Waals surface area contributed by atoms with Gasteiger partial charge in [-0.15, -0.1) is 0 Å². The molecule has 2 rings (SSSR count). The van der Waals surface area contributed by atoms with Crippen LogP contribution in [-0.2, 0) is 4.74 Å². The number of nitriles is 1. The molecule has 0 radical (unpaired) electrons. The van der Waals surface area contributed by atoms with Crippen LogP contribution in [0.2, 0.25) is 0 Å². The standard InChI is InChI=1S/C11H12N4O3/c1-7-8(4-5-18-7)13-11-3-2-10(15(16)17)9(6-12)14-11/h2-3,7-8H,4-5H2,1H3,(H,13,14). The number of nitro groups is 1. The molecule has 1 aromatic heterocycles. The van der Waals surface area contributed by atoms with Gasteiger partial charge in [-0.05, 0) is 19.4 Å². The normalized spacial score (nSPS) is 22.4. The highest BCUT2D eigenvalue weighted by atomic mass is 16.6. The number of hydrogen-bond donors (Lipinski definition) is 1. The maximum atomic E-state index is 10.7. The second kappa shape index (κ2) is 4.98. The van der Waals surface area contributed by atoms with Gasteiger partial charge in [0.1, 0.15) is 11.9 Å². The van der Waals surface area contributed by atoms with Crippen molar-refractivity contribution in [3.8, 4) is 6.07 Å². The maximum Gasteiger partial charge on any atom is 0.305 e.